The number of nitrogens with zero attached hydrogens (tertiary/aromatic N) is 3. The molecule has 1 saturated carbocycles. The number of amidine groups is 1. The van der Waals surface area contributed by atoms with Gasteiger partial charge in [0.05, 0.1) is 6.54 Å². The van der Waals surface area contributed by atoms with E-state index < -0.39 is 0 Å². The number of amides is 3. The Hall–Kier alpha value is -3.09. The average molecular weight is 420 g/mol. The maximum absolute atomic E-state index is 13.2. The third kappa shape index (κ3) is 3.62. The van der Waals surface area contributed by atoms with Crippen molar-refractivity contribution in [3.63, 3.8) is 0 Å². The van der Waals surface area contributed by atoms with Gasteiger partial charge >= 0.3 is 6.03 Å². The van der Waals surface area contributed by atoms with Crippen LogP contribution in [0.3, 0.4) is 0 Å². The van der Waals surface area contributed by atoms with Crippen molar-refractivity contribution in [2.45, 2.75) is 25.7 Å². The maximum atomic E-state index is 13.2. The summed E-state index contributed by atoms with van der Waals surface area (Å²) >= 11 is 0. The summed E-state index contributed by atoms with van der Waals surface area (Å²) in [6, 6.07) is 11.8. The van der Waals surface area contributed by atoms with E-state index >= 15 is 0 Å². The fourth-order valence-corrected chi connectivity index (χ4v) is 5.09. The number of piperidine rings is 1. The van der Waals surface area contributed by atoms with Crippen LogP contribution in [0.15, 0.2) is 36.4 Å². The van der Waals surface area contributed by atoms with E-state index in [0.717, 1.165) is 41.5 Å². The summed E-state index contributed by atoms with van der Waals surface area (Å²) < 4.78 is 0. The smallest absolute Gasteiger partial charge is 0.322 e. The van der Waals surface area contributed by atoms with Gasteiger partial charge in [0.25, 0.3) is 5.91 Å². The summed E-state index contributed by atoms with van der Waals surface area (Å²) in [5.74, 6) is 0.424. The van der Waals surface area contributed by atoms with E-state index in [4.69, 9.17) is 5.41 Å². The minimum absolute atomic E-state index is 0.138. The third-order valence-corrected chi connectivity index (χ3v) is 7.07. The molecule has 0 unspecified atom stereocenters. The second-order valence-electron chi connectivity index (χ2n) is 9.12. The van der Waals surface area contributed by atoms with Gasteiger partial charge in [-0.05, 0) is 54.7 Å². The summed E-state index contributed by atoms with van der Waals surface area (Å²) in [5.41, 5.74) is 2.20. The molecule has 1 spiro atoms. The van der Waals surface area contributed by atoms with E-state index in [1.54, 1.807) is 7.05 Å². The largest absolute Gasteiger partial charge is 0.362 e. The van der Waals surface area contributed by atoms with Crippen molar-refractivity contribution in [2.24, 2.45) is 5.41 Å². The third-order valence-electron chi connectivity index (χ3n) is 7.07. The van der Waals surface area contributed by atoms with Crippen molar-refractivity contribution in [2.75, 3.05) is 44.7 Å². The van der Waals surface area contributed by atoms with Crippen LogP contribution >= 0.6 is 0 Å². The topological polar surface area (TPSA) is 79.7 Å². The van der Waals surface area contributed by atoms with Crippen LogP contribution in [-0.2, 0) is 0 Å². The first-order chi connectivity index (χ1) is 15.0. The van der Waals surface area contributed by atoms with Gasteiger partial charge in [0.2, 0.25) is 0 Å². The number of likely N-dealkylation sites (tertiary alicyclic amines) is 1. The zero-order valence-corrected chi connectivity index (χ0v) is 18.0. The molecule has 2 aromatic rings. The number of carbonyl (C=O) groups is 2. The van der Waals surface area contributed by atoms with Crippen molar-refractivity contribution >= 4 is 34.2 Å². The lowest BCUT2D eigenvalue weighted by atomic mass is 9.94. The molecule has 2 aromatic carbocycles. The van der Waals surface area contributed by atoms with Crippen molar-refractivity contribution in [3.05, 3.63) is 42.0 Å². The molecular weight excluding hydrogens is 390 g/mol. The Bertz CT molecular complexity index is 1060. The van der Waals surface area contributed by atoms with Crippen LogP contribution in [0.5, 0.6) is 0 Å². The SMILES string of the molecule is CNC(=O)N1CCN(c2cccc3cc(C(=O)N4CCCC5(CC5)C4)ccc23)CC1=N. The predicted molar refractivity (Wildman–Crippen MR) is 122 cm³/mol. The van der Waals surface area contributed by atoms with E-state index in [9.17, 15) is 9.59 Å². The van der Waals surface area contributed by atoms with Crippen LogP contribution in [0.25, 0.3) is 10.8 Å². The minimum atomic E-state index is -0.239. The van der Waals surface area contributed by atoms with Crippen LogP contribution in [0.4, 0.5) is 10.5 Å². The summed E-state index contributed by atoms with van der Waals surface area (Å²) in [4.78, 5) is 30.7. The molecular formula is C24H29N5O2. The molecule has 2 N–H and O–H groups in total. The lowest BCUT2D eigenvalue weighted by Crippen LogP contribution is -2.54. The van der Waals surface area contributed by atoms with Gasteiger partial charge in [0.1, 0.15) is 5.84 Å². The first-order valence-corrected chi connectivity index (χ1v) is 11.1. The summed E-state index contributed by atoms with van der Waals surface area (Å²) in [6.45, 7) is 3.27. The molecule has 0 bridgehead atoms. The molecule has 3 aliphatic rings. The van der Waals surface area contributed by atoms with Gasteiger partial charge in [0, 0.05) is 49.9 Å². The number of nitrogens with one attached hydrogen (secondary N) is 2. The molecule has 0 radical (unpaired) electrons. The van der Waals surface area contributed by atoms with Crippen LogP contribution in [0.2, 0.25) is 0 Å². The summed E-state index contributed by atoms with van der Waals surface area (Å²) in [6.07, 6.45) is 4.90. The molecule has 5 rings (SSSR count). The fraction of sp³-hybridized carbons (Fsp3) is 0.458. The normalized spacial score (nSPS) is 20.3. The van der Waals surface area contributed by atoms with E-state index in [0.29, 0.717) is 25.0 Å². The zero-order chi connectivity index (χ0) is 21.6. The Kier molecular flexibility index (Phi) is 4.84. The van der Waals surface area contributed by atoms with Gasteiger partial charge in [-0.1, -0.05) is 18.2 Å². The Balaban J connectivity index is 1.37. The molecule has 0 atom stereocenters. The van der Waals surface area contributed by atoms with Gasteiger partial charge in [-0.2, -0.15) is 0 Å². The molecule has 3 amide bonds. The van der Waals surface area contributed by atoms with Crippen molar-refractivity contribution in [1.82, 2.24) is 15.1 Å². The van der Waals surface area contributed by atoms with Gasteiger partial charge in [0.15, 0.2) is 0 Å². The van der Waals surface area contributed by atoms with E-state index in [1.807, 2.05) is 41.3 Å². The first-order valence-electron chi connectivity index (χ1n) is 11.1. The fourth-order valence-electron chi connectivity index (χ4n) is 5.09. The summed E-state index contributed by atoms with van der Waals surface area (Å²) in [7, 11) is 1.58. The van der Waals surface area contributed by atoms with Crippen LogP contribution < -0.4 is 10.2 Å². The van der Waals surface area contributed by atoms with Gasteiger partial charge in [-0.15, -0.1) is 0 Å². The number of urea groups is 1. The molecule has 1 aliphatic carbocycles. The lowest BCUT2D eigenvalue weighted by molar-refractivity contribution is 0.0655. The molecule has 3 fully saturated rings. The highest BCUT2D eigenvalue weighted by Crippen LogP contribution is 2.52. The van der Waals surface area contributed by atoms with Crippen molar-refractivity contribution in [3.8, 4) is 0 Å². The number of hydrogen-bond donors (Lipinski definition) is 2. The molecule has 0 aromatic heterocycles. The van der Waals surface area contributed by atoms with E-state index in [2.05, 4.69) is 10.2 Å². The zero-order valence-electron chi connectivity index (χ0n) is 18.0. The first kappa shape index (κ1) is 19.8. The quantitative estimate of drug-likeness (QED) is 0.784. The molecule has 2 aliphatic heterocycles. The Morgan fingerprint density at radius 1 is 1.06 bits per heavy atom. The van der Waals surface area contributed by atoms with E-state index in [-0.39, 0.29) is 17.8 Å². The molecule has 31 heavy (non-hydrogen) atoms. The monoisotopic (exact) mass is 419 g/mol. The second-order valence-corrected chi connectivity index (χ2v) is 9.12. The Morgan fingerprint density at radius 3 is 2.65 bits per heavy atom. The second kappa shape index (κ2) is 7.55. The number of anilines is 1. The molecule has 7 heteroatoms. The number of carbonyl (C=O) groups excluding carboxylic acids is 2. The van der Waals surface area contributed by atoms with Crippen LogP contribution in [0, 0.1) is 10.8 Å². The highest BCUT2D eigenvalue weighted by Gasteiger charge is 2.46. The number of benzene rings is 2. The average Bonchev–Trinajstić information content (AvgIpc) is 3.55. The van der Waals surface area contributed by atoms with Crippen LogP contribution in [0.1, 0.15) is 36.0 Å². The molecule has 7 nitrogen and oxygen atoms in total. The maximum Gasteiger partial charge on any atom is 0.322 e. The highest BCUT2D eigenvalue weighted by atomic mass is 16.2. The standard InChI is InChI=1S/C24H29N5O2/c1-26-23(31)29-13-12-27(15-21(29)25)20-5-2-4-17-14-18(6-7-19(17)20)22(30)28-11-3-8-24(16-28)9-10-24/h2,4-7,14,25H,3,8-13,15-16H2,1H3,(H,26,31). The Morgan fingerprint density at radius 2 is 1.90 bits per heavy atom. The van der Waals surface area contributed by atoms with Crippen molar-refractivity contribution in [1.29, 1.82) is 5.41 Å². The highest BCUT2D eigenvalue weighted by molar-refractivity contribution is 6.04. The predicted octanol–water partition coefficient (Wildman–Crippen LogP) is 3.29. The minimum Gasteiger partial charge on any atom is -0.362 e. The molecule has 162 valence electrons. The number of hydrogen-bond acceptors (Lipinski definition) is 4. The molecule has 2 heterocycles. The Labute approximate surface area is 182 Å². The summed E-state index contributed by atoms with van der Waals surface area (Å²) in [5, 5.41) is 13.0. The van der Waals surface area contributed by atoms with E-state index in [1.165, 1.54) is 24.2 Å². The van der Waals surface area contributed by atoms with Crippen LogP contribution in [-0.4, -0.2) is 67.3 Å². The van der Waals surface area contributed by atoms with Crippen molar-refractivity contribution < 1.29 is 9.59 Å². The molecule has 2 saturated heterocycles. The number of rotatable bonds is 2. The lowest BCUT2D eigenvalue weighted by Gasteiger charge is -2.36. The van der Waals surface area contributed by atoms with Gasteiger partial charge in [-0.3, -0.25) is 15.1 Å². The number of piperazine rings is 1. The van der Waals surface area contributed by atoms with Gasteiger partial charge in [-0.25, -0.2) is 4.79 Å². The number of fused-ring (bicyclic) bond motifs is 1. The van der Waals surface area contributed by atoms with Gasteiger partial charge < -0.3 is 15.1 Å².